The molecule has 21 heavy (non-hydrogen) atoms. The van der Waals surface area contributed by atoms with Gasteiger partial charge in [0.1, 0.15) is 6.61 Å². The number of ether oxygens (including phenoxy) is 2. The van der Waals surface area contributed by atoms with Gasteiger partial charge in [-0.05, 0) is 25.9 Å². The zero-order chi connectivity index (χ0) is 14.7. The molecule has 0 unspecified atom stereocenters. The topological polar surface area (TPSA) is 45.2 Å². The van der Waals surface area contributed by atoms with Crippen molar-refractivity contribution in [1.82, 2.24) is 14.7 Å². The van der Waals surface area contributed by atoms with E-state index in [0.29, 0.717) is 12.6 Å². The number of carbonyl (C=O) groups excluding carboxylic acids is 1. The van der Waals surface area contributed by atoms with E-state index < -0.39 is 0 Å². The monoisotopic (exact) mass is 297 g/mol. The standard InChI is InChI=1S/C15H27N3O3/c1-20-12-15(19)18-10-13-14(11-18)21-9-8-17(13)7-6-16-4-2-3-5-16/h13-14H,2-12H2,1H3/t13-,14+/m1/s1. The second-order valence-electron chi connectivity index (χ2n) is 6.29. The SMILES string of the molecule is COCC(=O)N1C[C@@H]2OCCN(CCN3CCCC3)[C@@H]2C1. The summed E-state index contributed by atoms with van der Waals surface area (Å²) in [7, 11) is 1.57. The van der Waals surface area contributed by atoms with Crippen LogP contribution in [0.25, 0.3) is 0 Å². The summed E-state index contributed by atoms with van der Waals surface area (Å²) in [6, 6.07) is 0.363. The van der Waals surface area contributed by atoms with Crippen molar-refractivity contribution in [3.05, 3.63) is 0 Å². The van der Waals surface area contributed by atoms with Crippen molar-refractivity contribution in [2.75, 3.05) is 66.1 Å². The summed E-state index contributed by atoms with van der Waals surface area (Å²) < 4.78 is 10.8. The van der Waals surface area contributed by atoms with Crippen LogP contribution in [-0.4, -0.2) is 98.9 Å². The van der Waals surface area contributed by atoms with Gasteiger partial charge in [-0.2, -0.15) is 0 Å². The van der Waals surface area contributed by atoms with Crippen molar-refractivity contribution in [3.63, 3.8) is 0 Å². The Morgan fingerprint density at radius 3 is 2.76 bits per heavy atom. The van der Waals surface area contributed by atoms with Gasteiger partial charge in [-0.25, -0.2) is 0 Å². The summed E-state index contributed by atoms with van der Waals surface area (Å²) in [6.45, 7) is 8.18. The Morgan fingerprint density at radius 1 is 1.19 bits per heavy atom. The number of likely N-dealkylation sites (tertiary alicyclic amines) is 2. The van der Waals surface area contributed by atoms with E-state index in [4.69, 9.17) is 9.47 Å². The Hall–Kier alpha value is -0.690. The van der Waals surface area contributed by atoms with Gasteiger partial charge in [0.05, 0.1) is 18.8 Å². The van der Waals surface area contributed by atoms with Gasteiger partial charge >= 0.3 is 0 Å². The number of methoxy groups -OCH3 is 1. The molecule has 6 heteroatoms. The van der Waals surface area contributed by atoms with E-state index in [1.54, 1.807) is 7.11 Å². The Bertz CT molecular complexity index is 360. The van der Waals surface area contributed by atoms with Crippen LogP contribution in [0.15, 0.2) is 0 Å². The van der Waals surface area contributed by atoms with E-state index in [0.717, 1.165) is 32.8 Å². The number of hydrogen-bond donors (Lipinski definition) is 0. The largest absolute Gasteiger partial charge is 0.375 e. The molecule has 0 N–H and O–H groups in total. The van der Waals surface area contributed by atoms with Crippen molar-refractivity contribution >= 4 is 5.91 Å². The lowest BCUT2D eigenvalue weighted by Crippen LogP contribution is -2.52. The molecule has 0 aromatic heterocycles. The molecule has 2 atom stereocenters. The third-order valence-electron chi connectivity index (χ3n) is 4.94. The summed E-state index contributed by atoms with van der Waals surface area (Å²) in [5.74, 6) is 0.0787. The third kappa shape index (κ3) is 3.56. The first-order valence-corrected chi connectivity index (χ1v) is 8.12. The minimum atomic E-state index is 0.0787. The molecule has 0 radical (unpaired) electrons. The molecule has 0 aromatic rings. The summed E-state index contributed by atoms with van der Waals surface area (Å²) in [5, 5.41) is 0. The fourth-order valence-electron chi connectivity index (χ4n) is 3.73. The number of carbonyl (C=O) groups is 1. The molecule has 120 valence electrons. The first-order valence-electron chi connectivity index (χ1n) is 8.12. The van der Waals surface area contributed by atoms with Gasteiger partial charge in [-0.3, -0.25) is 9.69 Å². The van der Waals surface area contributed by atoms with E-state index in [-0.39, 0.29) is 18.6 Å². The van der Waals surface area contributed by atoms with Gasteiger partial charge in [0.25, 0.3) is 0 Å². The Balaban J connectivity index is 1.52. The summed E-state index contributed by atoms with van der Waals surface area (Å²) >= 11 is 0. The third-order valence-corrected chi connectivity index (χ3v) is 4.94. The van der Waals surface area contributed by atoms with Crippen molar-refractivity contribution in [2.45, 2.75) is 25.0 Å². The minimum absolute atomic E-state index is 0.0787. The molecular weight excluding hydrogens is 270 g/mol. The maximum absolute atomic E-state index is 12.0. The van der Waals surface area contributed by atoms with Crippen LogP contribution in [0.1, 0.15) is 12.8 Å². The second-order valence-corrected chi connectivity index (χ2v) is 6.29. The van der Waals surface area contributed by atoms with Crippen LogP contribution >= 0.6 is 0 Å². The summed E-state index contributed by atoms with van der Waals surface area (Å²) in [6.07, 6.45) is 2.86. The number of hydrogen-bond acceptors (Lipinski definition) is 5. The normalized spacial score (nSPS) is 30.8. The van der Waals surface area contributed by atoms with Crippen LogP contribution in [-0.2, 0) is 14.3 Å². The van der Waals surface area contributed by atoms with Crippen molar-refractivity contribution in [3.8, 4) is 0 Å². The molecule has 3 fully saturated rings. The highest BCUT2D eigenvalue weighted by atomic mass is 16.5. The minimum Gasteiger partial charge on any atom is -0.375 e. The number of fused-ring (bicyclic) bond motifs is 1. The average Bonchev–Trinajstić information content (AvgIpc) is 3.14. The first kappa shape index (κ1) is 15.2. The van der Waals surface area contributed by atoms with Gasteiger partial charge in [0, 0.05) is 39.8 Å². The molecular formula is C15H27N3O3. The van der Waals surface area contributed by atoms with Crippen LogP contribution < -0.4 is 0 Å². The van der Waals surface area contributed by atoms with Gasteiger partial charge < -0.3 is 19.3 Å². The molecule has 3 aliphatic heterocycles. The Labute approximate surface area is 126 Å². The van der Waals surface area contributed by atoms with E-state index in [2.05, 4.69) is 9.80 Å². The van der Waals surface area contributed by atoms with Crippen LogP contribution in [0.4, 0.5) is 0 Å². The molecule has 3 heterocycles. The molecule has 0 saturated carbocycles. The fraction of sp³-hybridized carbons (Fsp3) is 0.933. The smallest absolute Gasteiger partial charge is 0.248 e. The zero-order valence-corrected chi connectivity index (χ0v) is 13.0. The Morgan fingerprint density at radius 2 is 2.00 bits per heavy atom. The van der Waals surface area contributed by atoms with E-state index in [9.17, 15) is 4.79 Å². The lowest BCUT2D eigenvalue weighted by Gasteiger charge is -2.37. The maximum atomic E-state index is 12.0. The van der Waals surface area contributed by atoms with Gasteiger partial charge in [0.2, 0.25) is 5.91 Å². The van der Waals surface area contributed by atoms with E-state index in [1.165, 1.54) is 25.9 Å². The highest BCUT2D eigenvalue weighted by molar-refractivity contribution is 5.77. The van der Waals surface area contributed by atoms with Crippen molar-refractivity contribution < 1.29 is 14.3 Å². The lowest BCUT2D eigenvalue weighted by atomic mass is 10.1. The predicted molar refractivity (Wildman–Crippen MR) is 79.2 cm³/mol. The van der Waals surface area contributed by atoms with Crippen molar-refractivity contribution in [2.24, 2.45) is 0 Å². The molecule has 3 rings (SSSR count). The highest BCUT2D eigenvalue weighted by Gasteiger charge is 2.41. The van der Waals surface area contributed by atoms with Gasteiger partial charge in [-0.15, -0.1) is 0 Å². The molecule has 0 bridgehead atoms. The number of rotatable bonds is 5. The molecule has 3 saturated heterocycles. The lowest BCUT2D eigenvalue weighted by molar-refractivity contribution is -0.134. The van der Waals surface area contributed by atoms with Gasteiger partial charge in [-0.1, -0.05) is 0 Å². The number of nitrogens with zero attached hydrogens (tertiary/aromatic N) is 3. The van der Waals surface area contributed by atoms with Crippen LogP contribution in [0.2, 0.25) is 0 Å². The second kappa shape index (κ2) is 7.05. The predicted octanol–water partition coefficient (Wildman–Crippen LogP) is -0.360. The van der Waals surface area contributed by atoms with Crippen LogP contribution in [0.5, 0.6) is 0 Å². The molecule has 0 spiro atoms. The van der Waals surface area contributed by atoms with Crippen LogP contribution in [0.3, 0.4) is 0 Å². The molecule has 0 aliphatic carbocycles. The molecule has 6 nitrogen and oxygen atoms in total. The Kier molecular flexibility index (Phi) is 5.11. The van der Waals surface area contributed by atoms with E-state index in [1.807, 2.05) is 4.90 Å². The molecule has 0 aromatic carbocycles. The van der Waals surface area contributed by atoms with Crippen molar-refractivity contribution in [1.29, 1.82) is 0 Å². The summed E-state index contributed by atoms with van der Waals surface area (Å²) in [5.41, 5.74) is 0. The van der Waals surface area contributed by atoms with Gasteiger partial charge in [0.15, 0.2) is 0 Å². The highest BCUT2D eigenvalue weighted by Crippen LogP contribution is 2.23. The quantitative estimate of drug-likeness (QED) is 0.693. The summed E-state index contributed by atoms with van der Waals surface area (Å²) in [4.78, 5) is 18.9. The maximum Gasteiger partial charge on any atom is 0.248 e. The molecule has 3 aliphatic rings. The van der Waals surface area contributed by atoms with Crippen LogP contribution in [0, 0.1) is 0 Å². The first-order chi connectivity index (χ1) is 10.3. The molecule has 1 amide bonds. The number of amides is 1. The fourth-order valence-corrected chi connectivity index (χ4v) is 3.73. The average molecular weight is 297 g/mol. The van der Waals surface area contributed by atoms with E-state index >= 15 is 0 Å². The zero-order valence-electron chi connectivity index (χ0n) is 13.0. The number of morpholine rings is 1.